The van der Waals surface area contributed by atoms with E-state index < -0.39 is 6.36 Å². The van der Waals surface area contributed by atoms with Crippen molar-refractivity contribution in [3.8, 4) is 5.75 Å². The average Bonchev–Trinajstić information content (AvgIpc) is 2.94. The number of nitrogens with two attached hydrogens (primary N) is 1. The third-order valence-electron chi connectivity index (χ3n) is 2.69. The highest BCUT2D eigenvalue weighted by molar-refractivity contribution is 7.09. The summed E-state index contributed by atoms with van der Waals surface area (Å²) in [7, 11) is 0. The van der Waals surface area contributed by atoms with Gasteiger partial charge in [-0.15, -0.1) is 24.5 Å². The predicted octanol–water partition coefficient (Wildman–Crippen LogP) is 3.53. The summed E-state index contributed by atoms with van der Waals surface area (Å²) in [6.07, 6.45) is -3.94. The molecule has 0 aliphatic carbocycles. The van der Waals surface area contributed by atoms with Crippen molar-refractivity contribution in [1.29, 1.82) is 0 Å². The summed E-state index contributed by atoms with van der Waals surface area (Å²) in [5, 5.41) is 5.47. The summed E-state index contributed by atoms with van der Waals surface area (Å²) >= 11 is 1.53. The molecule has 0 aliphatic rings. The molecule has 23 heavy (non-hydrogen) atoms. The standard InChI is InChI=1S/C14H15F3N4OS/c1-2-12-20-9(8-23-12)7-19-13(18)21-10-5-3-4-6-11(10)22-14(15,16)17/h3-6,8H,2,7H2,1H3,(H3,18,19,21). The lowest BCUT2D eigenvalue weighted by Crippen LogP contribution is -2.24. The van der Waals surface area contributed by atoms with Crippen molar-refractivity contribution in [1.82, 2.24) is 4.98 Å². The van der Waals surface area contributed by atoms with E-state index in [0.717, 1.165) is 17.1 Å². The second-order valence-corrected chi connectivity index (χ2v) is 5.40. The second kappa shape index (κ2) is 7.32. The van der Waals surface area contributed by atoms with Crippen LogP contribution in [-0.2, 0) is 13.0 Å². The lowest BCUT2D eigenvalue weighted by atomic mass is 10.3. The molecule has 0 amide bonds. The Morgan fingerprint density at radius 1 is 1.39 bits per heavy atom. The first-order valence-electron chi connectivity index (χ1n) is 6.72. The van der Waals surface area contributed by atoms with Gasteiger partial charge in [0, 0.05) is 5.38 Å². The summed E-state index contributed by atoms with van der Waals surface area (Å²) in [5.74, 6) is -0.394. The van der Waals surface area contributed by atoms with Crippen molar-refractivity contribution in [2.24, 2.45) is 10.7 Å². The van der Waals surface area contributed by atoms with Crippen LogP contribution in [0.2, 0.25) is 0 Å². The number of aryl methyl sites for hydroxylation is 1. The topological polar surface area (TPSA) is 72.5 Å². The molecule has 124 valence electrons. The zero-order valence-electron chi connectivity index (χ0n) is 12.2. The molecule has 0 saturated heterocycles. The fourth-order valence-corrected chi connectivity index (χ4v) is 2.45. The third kappa shape index (κ3) is 5.44. The minimum atomic E-state index is -4.78. The van der Waals surface area contributed by atoms with Gasteiger partial charge in [-0.05, 0) is 18.6 Å². The Labute approximate surface area is 135 Å². The molecular formula is C14H15F3N4OS. The lowest BCUT2D eigenvalue weighted by Gasteiger charge is -2.14. The maximum absolute atomic E-state index is 12.3. The molecule has 2 aromatic rings. The normalized spacial score (nSPS) is 12.3. The fourth-order valence-electron chi connectivity index (χ4n) is 1.71. The third-order valence-corrected chi connectivity index (χ3v) is 3.73. The van der Waals surface area contributed by atoms with Crippen molar-refractivity contribution in [2.75, 3.05) is 5.32 Å². The average molecular weight is 344 g/mol. The fraction of sp³-hybridized carbons (Fsp3) is 0.286. The van der Waals surface area contributed by atoms with Crippen molar-refractivity contribution in [2.45, 2.75) is 26.3 Å². The summed E-state index contributed by atoms with van der Waals surface area (Å²) in [6.45, 7) is 2.25. The van der Waals surface area contributed by atoms with Crippen LogP contribution in [0, 0.1) is 0 Å². The Morgan fingerprint density at radius 2 is 2.13 bits per heavy atom. The summed E-state index contributed by atoms with van der Waals surface area (Å²) < 4.78 is 41.0. The zero-order valence-corrected chi connectivity index (χ0v) is 13.0. The maximum Gasteiger partial charge on any atom is 0.573 e. The zero-order chi connectivity index (χ0) is 16.9. The number of benzene rings is 1. The predicted molar refractivity (Wildman–Crippen MR) is 83.6 cm³/mol. The van der Waals surface area contributed by atoms with E-state index in [4.69, 9.17) is 5.73 Å². The van der Waals surface area contributed by atoms with Gasteiger partial charge in [-0.2, -0.15) is 0 Å². The SMILES string of the molecule is CCc1nc(CN=C(N)Nc2ccccc2OC(F)(F)F)cs1. The first kappa shape index (κ1) is 17.1. The number of thiazole rings is 1. The number of hydrogen-bond donors (Lipinski definition) is 2. The highest BCUT2D eigenvalue weighted by Gasteiger charge is 2.32. The minimum Gasteiger partial charge on any atom is -0.404 e. The largest absolute Gasteiger partial charge is 0.573 e. The monoisotopic (exact) mass is 344 g/mol. The van der Waals surface area contributed by atoms with E-state index in [1.54, 1.807) is 6.07 Å². The van der Waals surface area contributed by atoms with E-state index in [0.29, 0.717) is 0 Å². The van der Waals surface area contributed by atoms with Crippen LogP contribution in [0.15, 0.2) is 34.6 Å². The molecule has 1 heterocycles. The minimum absolute atomic E-state index is 0.0192. The number of halogens is 3. The molecular weight excluding hydrogens is 329 g/mol. The summed E-state index contributed by atoms with van der Waals surface area (Å²) in [6, 6.07) is 5.60. The van der Waals surface area contributed by atoms with Crippen LogP contribution in [0.1, 0.15) is 17.6 Å². The van der Waals surface area contributed by atoms with Crippen LogP contribution < -0.4 is 15.8 Å². The van der Waals surface area contributed by atoms with Crippen molar-refractivity contribution in [3.05, 3.63) is 40.3 Å². The Morgan fingerprint density at radius 3 is 2.78 bits per heavy atom. The number of nitrogens with one attached hydrogen (secondary N) is 1. The number of hydrogen-bond acceptors (Lipinski definition) is 4. The van der Waals surface area contributed by atoms with E-state index in [1.807, 2.05) is 12.3 Å². The van der Waals surface area contributed by atoms with Gasteiger partial charge in [0.25, 0.3) is 0 Å². The Balaban J connectivity index is 2.04. The Hall–Kier alpha value is -2.29. The molecule has 3 N–H and O–H groups in total. The van der Waals surface area contributed by atoms with Gasteiger partial charge in [-0.25, -0.2) is 9.98 Å². The van der Waals surface area contributed by atoms with Crippen molar-refractivity contribution >= 4 is 23.0 Å². The van der Waals surface area contributed by atoms with Crippen molar-refractivity contribution < 1.29 is 17.9 Å². The van der Waals surface area contributed by atoms with Crippen LogP contribution in [-0.4, -0.2) is 17.3 Å². The quantitative estimate of drug-likeness (QED) is 0.643. The van der Waals surface area contributed by atoms with Gasteiger partial charge in [0.1, 0.15) is 0 Å². The Bertz CT molecular complexity index is 685. The van der Waals surface area contributed by atoms with E-state index in [9.17, 15) is 13.2 Å². The van der Waals surface area contributed by atoms with E-state index in [-0.39, 0.29) is 23.9 Å². The molecule has 1 aromatic carbocycles. The molecule has 0 fully saturated rings. The van der Waals surface area contributed by atoms with Gasteiger partial charge in [-0.1, -0.05) is 19.1 Å². The molecule has 1 aromatic heterocycles. The van der Waals surface area contributed by atoms with Gasteiger partial charge in [0.05, 0.1) is 22.9 Å². The smallest absolute Gasteiger partial charge is 0.404 e. The van der Waals surface area contributed by atoms with Crippen LogP contribution in [0.25, 0.3) is 0 Å². The van der Waals surface area contributed by atoms with E-state index in [1.165, 1.54) is 29.5 Å². The first-order valence-corrected chi connectivity index (χ1v) is 7.60. The summed E-state index contributed by atoms with van der Waals surface area (Å²) in [5.41, 5.74) is 6.55. The molecule has 5 nitrogen and oxygen atoms in total. The molecule has 0 bridgehead atoms. The summed E-state index contributed by atoms with van der Waals surface area (Å²) in [4.78, 5) is 8.39. The molecule has 0 saturated carbocycles. The number of ether oxygens (including phenoxy) is 1. The molecule has 0 spiro atoms. The second-order valence-electron chi connectivity index (χ2n) is 4.46. The number of guanidine groups is 1. The highest BCUT2D eigenvalue weighted by Crippen LogP contribution is 2.29. The van der Waals surface area contributed by atoms with E-state index in [2.05, 4.69) is 20.0 Å². The number of alkyl halides is 3. The van der Waals surface area contributed by atoms with Crippen molar-refractivity contribution in [3.63, 3.8) is 0 Å². The number of aliphatic imine (C=N–C) groups is 1. The van der Waals surface area contributed by atoms with Gasteiger partial charge in [0.2, 0.25) is 0 Å². The molecule has 0 atom stereocenters. The molecule has 2 rings (SSSR count). The van der Waals surface area contributed by atoms with Gasteiger partial charge in [-0.3, -0.25) is 0 Å². The number of aromatic nitrogens is 1. The van der Waals surface area contributed by atoms with Crippen LogP contribution in [0.3, 0.4) is 0 Å². The van der Waals surface area contributed by atoms with Crippen LogP contribution >= 0.6 is 11.3 Å². The molecule has 9 heteroatoms. The number of anilines is 1. The number of rotatable bonds is 5. The van der Waals surface area contributed by atoms with Gasteiger partial charge >= 0.3 is 6.36 Å². The first-order chi connectivity index (χ1) is 10.9. The number of nitrogens with zero attached hydrogens (tertiary/aromatic N) is 2. The Kier molecular flexibility index (Phi) is 5.43. The van der Waals surface area contributed by atoms with E-state index >= 15 is 0 Å². The van der Waals surface area contributed by atoms with Gasteiger partial charge in [0.15, 0.2) is 11.7 Å². The molecule has 0 aliphatic heterocycles. The molecule has 0 radical (unpaired) electrons. The van der Waals surface area contributed by atoms with Crippen LogP contribution in [0.4, 0.5) is 18.9 Å². The highest BCUT2D eigenvalue weighted by atomic mass is 32.1. The lowest BCUT2D eigenvalue weighted by molar-refractivity contribution is -0.274. The maximum atomic E-state index is 12.3. The van der Waals surface area contributed by atoms with Gasteiger partial charge < -0.3 is 15.8 Å². The van der Waals surface area contributed by atoms with Crippen LogP contribution in [0.5, 0.6) is 5.75 Å². The molecule has 0 unspecified atom stereocenters. The number of para-hydroxylation sites is 2.